The number of ether oxygens (including phenoxy) is 1. The molecule has 8 rings (SSSR count). The van der Waals surface area contributed by atoms with Gasteiger partial charge in [0.25, 0.3) is 11.8 Å². The number of hydrogen-bond acceptors (Lipinski definition) is 6. The van der Waals surface area contributed by atoms with E-state index in [0.29, 0.717) is 21.4 Å². The summed E-state index contributed by atoms with van der Waals surface area (Å²) in [6.45, 7) is 0. The number of phenols is 1. The van der Waals surface area contributed by atoms with Gasteiger partial charge in [-0.3, -0.25) is 24.1 Å². The average Bonchev–Trinajstić information content (AvgIpc) is 3.44. The molecule has 0 radical (unpaired) electrons. The van der Waals surface area contributed by atoms with Gasteiger partial charge in [-0.05, 0) is 66.8 Å². The van der Waals surface area contributed by atoms with E-state index in [4.69, 9.17) is 27.9 Å². The molecule has 16 heteroatoms. The van der Waals surface area contributed by atoms with Crippen molar-refractivity contribution in [3.8, 4) is 11.5 Å². The number of halogens is 8. The number of aromatic hydroxyl groups is 1. The summed E-state index contributed by atoms with van der Waals surface area (Å²) >= 11 is 17.7. The second kappa shape index (κ2) is 11.4. The summed E-state index contributed by atoms with van der Waals surface area (Å²) in [6, 6.07) is 10.6. The molecule has 1 saturated carbocycles. The topological polar surface area (TPSA) is 104 Å². The number of imide groups is 2. The van der Waals surface area contributed by atoms with Crippen molar-refractivity contribution in [1.29, 1.82) is 0 Å². The zero-order chi connectivity index (χ0) is 36.5. The van der Waals surface area contributed by atoms with Crippen LogP contribution in [0.2, 0.25) is 0 Å². The van der Waals surface area contributed by atoms with Gasteiger partial charge in [-0.25, -0.2) is 26.9 Å². The van der Waals surface area contributed by atoms with Gasteiger partial charge in [0.1, 0.15) is 17.2 Å². The maximum absolute atomic E-state index is 15.3. The van der Waals surface area contributed by atoms with E-state index in [2.05, 4.69) is 15.9 Å². The molecule has 5 aliphatic rings. The number of nitrogens with zero attached hydrogens (tertiary/aromatic N) is 2. The molecular weight excluding hydrogens is 790 g/mol. The molecule has 3 heterocycles. The number of anilines is 2. The van der Waals surface area contributed by atoms with Crippen LogP contribution >= 0.6 is 39.1 Å². The van der Waals surface area contributed by atoms with Crippen molar-refractivity contribution in [3.05, 3.63) is 105 Å². The number of carbonyl (C=O) groups excluding carboxylic acids is 4. The van der Waals surface area contributed by atoms with Crippen molar-refractivity contribution in [2.45, 2.75) is 29.0 Å². The Kier molecular flexibility index (Phi) is 7.54. The number of rotatable bonds is 3. The van der Waals surface area contributed by atoms with Crippen LogP contribution in [0.5, 0.6) is 11.5 Å². The number of fused-ring (bicyclic) bond motifs is 5. The number of carbonyl (C=O) groups is 4. The van der Waals surface area contributed by atoms with Gasteiger partial charge in [0.15, 0.2) is 33.0 Å². The highest BCUT2D eigenvalue weighted by molar-refractivity contribution is 9.10. The molecular formula is C35H20BrCl2F5N2O6. The minimum atomic E-state index is -2.68. The monoisotopic (exact) mass is 808 g/mol. The summed E-state index contributed by atoms with van der Waals surface area (Å²) in [4.78, 5) is 52.3. The molecule has 2 aliphatic carbocycles. The zero-order valence-corrected chi connectivity index (χ0v) is 28.6. The fourth-order valence-corrected chi connectivity index (χ4v) is 9.44. The molecule has 2 saturated heterocycles. The number of amides is 4. The molecule has 262 valence electrons. The zero-order valence-electron chi connectivity index (χ0n) is 25.5. The molecule has 3 aromatic carbocycles. The Bertz CT molecular complexity index is 2190. The second-order valence-electron chi connectivity index (χ2n) is 13.0. The maximum Gasteiger partial charge on any atom is 0.258 e. The minimum Gasteiger partial charge on any atom is -0.508 e. The smallest absolute Gasteiger partial charge is 0.258 e. The van der Waals surface area contributed by atoms with Crippen molar-refractivity contribution >= 4 is 74.1 Å². The first-order valence-corrected chi connectivity index (χ1v) is 17.0. The van der Waals surface area contributed by atoms with Crippen LogP contribution in [0.25, 0.3) is 0 Å². The largest absolute Gasteiger partial charge is 0.508 e. The molecule has 4 amide bonds. The first kappa shape index (κ1) is 33.9. The Balaban J connectivity index is 1.31. The molecule has 3 fully saturated rings. The van der Waals surface area contributed by atoms with E-state index in [1.165, 1.54) is 24.5 Å². The van der Waals surface area contributed by atoms with Gasteiger partial charge >= 0.3 is 0 Å². The van der Waals surface area contributed by atoms with Gasteiger partial charge in [0.2, 0.25) is 17.6 Å². The highest BCUT2D eigenvalue weighted by Gasteiger charge is 2.77. The van der Waals surface area contributed by atoms with E-state index in [1.54, 1.807) is 30.3 Å². The van der Waals surface area contributed by atoms with E-state index >= 15 is 8.78 Å². The molecule has 1 N–H and O–H groups in total. The molecule has 3 aromatic rings. The lowest BCUT2D eigenvalue weighted by Gasteiger charge is -2.51. The molecule has 3 aliphatic heterocycles. The fraction of sp³-hybridized carbons (Fsp3) is 0.257. The summed E-state index contributed by atoms with van der Waals surface area (Å²) in [7, 11) is 0. The summed E-state index contributed by atoms with van der Waals surface area (Å²) in [5.41, 5.74) is -0.703. The van der Waals surface area contributed by atoms with Crippen LogP contribution in [0.1, 0.15) is 18.4 Å². The number of benzene rings is 3. The first-order chi connectivity index (χ1) is 24.1. The SMILES string of the molecule is O=C1[C@H]2[C@H](CC=C3[C@H](C4=COc5ccc(O)cc5C4)[C@]4(Cl)C(=O)N(c5c(F)c(F)c(F)c(F)c5F)C(=O)[C@]4(Cl)C[C@H]32)C(=O)N1c1ccc(Br)cc1. The number of hydrogen-bond donors (Lipinski definition) is 1. The Hall–Kier alpha value is -4.27. The first-order valence-electron chi connectivity index (χ1n) is 15.4. The van der Waals surface area contributed by atoms with E-state index < -0.39 is 98.2 Å². The summed E-state index contributed by atoms with van der Waals surface area (Å²) < 4.78 is 80.0. The van der Waals surface area contributed by atoms with Gasteiger partial charge in [-0.15, -0.1) is 23.2 Å². The third-order valence-corrected chi connectivity index (χ3v) is 12.4. The second-order valence-corrected chi connectivity index (χ2v) is 15.1. The lowest BCUT2D eigenvalue weighted by atomic mass is 9.56. The predicted octanol–water partition coefficient (Wildman–Crippen LogP) is 6.97. The molecule has 0 aromatic heterocycles. The standard InChI is InChI=1S/C35H20BrCl2F5N2O6/c36-15-1-3-16(4-2-15)44-30(47)19-7-6-18-20(22(19)31(44)48)11-34(37)32(49)45(29-27(42)25(40)24(39)26(41)28(29)43)33(50)35(34,38)23(18)14-9-13-10-17(46)5-8-21(13)51-12-14/h1-6,8,10,12,19-20,22-23,46H,7,9,11H2/t19-,20+,22-,23-,34+,35-/m0/s1. The molecule has 0 bridgehead atoms. The molecule has 0 spiro atoms. The number of allylic oxidation sites excluding steroid dienone is 3. The summed E-state index contributed by atoms with van der Waals surface area (Å²) in [5.74, 6) is -21.1. The minimum absolute atomic E-state index is 0.0120. The Morgan fingerprint density at radius 1 is 0.824 bits per heavy atom. The number of phenolic OH excluding ortho intramolecular Hbond substituents is 1. The number of alkyl halides is 2. The van der Waals surface area contributed by atoms with Crippen LogP contribution in [0.15, 0.2) is 70.4 Å². The van der Waals surface area contributed by atoms with E-state index in [0.717, 1.165) is 4.90 Å². The van der Waals surface area contributed by atoms with Crippen LogP contribution < -0.4 is 14.5 Å². The van der Waals surface area contributed by atoms with Crippen molar-refractivity contribution in [3.63, 3.8) is 0 Å². The normalized spacial score (nSPS) is 29.6. The predicted molar refractivity (Wildman–Crippen MR) is 174 cm³/mol. The quantitative estimate of drug-likeness (QED) is 0.0766. The maximum atomic E-state index is 15.3. The van der Waals surface area contributed by atoms with Gasteiger partial charge < -0.3 is 9.84 Å². The van der Waals surface area contributed by atoms with E-state index in [1.807, 2.05) is 0 Å². The van der Waals surface area contributed by atoms with Gasteiger partial charge in [0.05, 0.1) is 23.8 Å². The van der Waals surface area contributed by atoms with Crippen molar-refractivity contribution in [2.75, 3.05) is 9.80 Å². The van der Waals surface area contributed by atoms with Gasteiger partial charge in [-0.1, -0.05) is 27.6 Å². The lowest BCUT2D eigenvalue weighted by molar-refractivity contribution is -0.125. The average molecular weight is 810 g/mol. The molecule has 8 nitrogen and oxygen atoms in total. The molecule has 6 atom stereocenters. The Labute approximate surface area is 303 Å². The van der Waals surface area contributed by atoms with Crippen LogP contribution in [0, 0.1) is 52.8 Å². The van der Waals surface area contributed by atoms with Crippen molar-refractivity contribution < 1.29 is 51.0 Å². The fourth-order valence-electron chi connectivity index (χ4n) is 8.22. The molecule has 0 unspecified atom stereocenters. The summed E-state index contributed by atoms with van der Waals surface area (Å²) in [6.07, 6.45) is 2.12. The van der Waals surface area contributed by atoms with Crippen LogP contribution in [-0.4, -0.2) is 38.5 Å². The van der Waals surface area contributed by atoms with Crippen LogP contribution in [0.4, 0.5) is 33.3 Å². The third kappa shape index (κ3) is 4.42. The van der Waals surface area contributed by atoms with Crippen LogP contribution in [-0.2, 0) is 25.6 Å². The lowest BCUT2D eigenvalue weighted by Crippen LogP contribution is -2.61. The highest BCUT2D eigenvalue weighted by atomic mass is 79.9. The van der Waals surface area contributed by atoms with E-state index in [9.17, 15) is 37.5 Å². The van der Waals surface area contributed by atoms with E-state index in [-0.39, 0.29) is 34.8 Å². The van der Waals surface area contributed by atoms with Gasteiger partial charge in [-0.2, -0.15) is 0 Å². The Morgan fingerprint density at radius 2 is 1.47 bits per heavy atom. The Morgan fingerprint density at radius 3 is 2.14 bits per heavy atom. The van der Waals surface area contributed by atoms with Crippen molar-refractivity contribution in [2.24, 2.45) is 23.7 Å². The third-order valence-electron chi connectivity index (χ3n) is 10.5. The van der Waals surface area contributed by atoms with Crippen LogP contribution in [0.3, 0.4) is 0 Å². The van der Waals surface area contributed by atoms with Gasteiger partial charge in [0, 0.05) is 22.4 Å². The van der Waals surface area contributed by atoms with Crippen molar-refractivity contribution in [1.82, 2.24) is 0 Å². The highest BCUT2D eigenvalue weighted by Crippen LogP contribution is 2.65. The summed E-state index contributed by atoms with van der Waals surface area (Å²) in [5, 5.41) is 10.2. The molecule has 51 heavy (non-hydrogen) atoms.